The number of nitrogens with zero attached hydrogens (tertiary/aromatic N) is 7. The lowest BCUT2D eigenvalue weighted by molar-refractivity contribution is 0.147. The van der Waals surface area contributed by atoms with Crippen LogP contribution in [0.5, 0.6) is 0 Å². The molecule has 0 N–H and O–H groups in total. The van der Waals surface area contributed by atoms with Crippen LogP contribution >= 0.6 is 11.6 Å². The van der Waals surface area contributed by atoms with Gasteiger partial charge in [-0.15, -0.1) is 0 Å². The van der Waals surface area contributed by atoms with Gasteiger partial charge in [0.1, 0.15) is 34.7 Å². The number of hydrogen-bond donors (Lipinski definition) is 0. The van der Waals surface area contributed by atoms with Gasteiger partial charge in [-0.25, -0.2) is 9.37 Å². The van der Waals surface area contributed by atoms with Gasteiger partial charge in [0.2, 0.25) is 0 Å². The highest BCUT2D eigenvalue weighted by molar-refractivity contribution is 6.31. The molecule has 39 heavy (non-hydrogen) atoms. The van der Waals surface area contributed by atoms with Crippen LogP contribution in [0.4, 0.5) is 10.1 Å². The third-order valence-corrected chi connectivity index (χ3v) is 7.57. The van der Waals surface area contributed by atoms with Crippen LogP contribution in [-0.2, 0) is 7.05 Å². The fraction of sp³-hybridized carbons (Fsp3) is 0.276. The Morgan fingerprint density at radius 3 is 2.56 bits per heavy atom. The van der Waals surface area contributed by atoms with Gasteiger partial charge in [-0.05, 0) is 55.3 Å². The van der Waals surface area contributed by atoms with E-state index in [1.54, 1.807) is 31.4 Å². The monoisotopic (exact) mass is 541 g/mol. The van der Waals surface area contributed by atoms with E-state index in [1.165, 1.54) is 16.7 Å². The molecule has 8 nitrogen and oxygen atoms in total. The highest BCUT2D eigenvalue weighted by atomic mass is 35.5. The fourth-order valence-corrected chi connectivity index (χ4v) is 5.57. The third-order valence-electron chi connectivity index (χ3n) is 7.24. The minimum atomic E-state index is -0.415. The first-order chi connectivity index (χ1) is 18.7. The van der Waals surface area contributed by atoms with E-state index in [9.17, 15) is 19.7 Å². The van der Waals surface area contributed by atoms with Gasteiger partial charge < -0.3 is 9.47 Å². The molecule has 1 aromatic carbocycles. The summed E-state index contributed by atoms with van der Waals surface area (Å²) in [5.41, 5.74) is 3.74. The van der Waals surface area contributed by atoms with E-state index < -0.39 is 11.4 Å². The molecule has 196 valence electrons. The molecule has 10 heteroatoms. The van der Waals surface area contributed by atoms with Gasteiger partial charge >= 0.3 is 0 Å². The van der Waals surface area contributed by atoms with Crippen molar-refractivity contribution in [1.82, 2.24) is 19.4 Å². The van der Waals surface area contributed by atoms with Crippen molar-refractivity contribution in [3.63, 3.8) is 0 Å². The summed E-state index contributed by atoms with van der Waals surface area (Å²) in [7, 11) is 1.59. The fourth-order valence-electron chi connectivity index (χ4n) is 5.29. The van der Waals surface area contributed by atoms with Crippen molar-refractivity contribution in [3.05, 3.63) is 97.9 Å². The predicted octanol–water partition coefficient (Wildman–Crippen LogP) is 4.47. The Bertz CT molecular complexity index is 1720. The lowest BCUT2D eigenvalue weighted by atomic mass is 9.97. The molecule has 0 bridgehead atoms. The van der Waals surface area contributed by atoms with E-state index in [2.05, 4.69) is 20.9 Å². The second-order valence-electron chi connectivity index (χ2n) is 9.74. The van der Waals surface area contributed by atoms with Crippen LogP contribution in [0.25, 0.3) is 11.0 Å². The van der Waals surface area contributed by atoms with Crippen molar-refractivity contribution in [1.29, 1.82) is 10.5 Å². The summed E-state index contributed by atoms with van der Waals surface area (Å²) in [6, 6.07) is 15.3. The first-order valence-corrected chi connectivity index (χ1v) is 12.8. The van der Waals surface area contributed by atoms with Crippen LogP contribution in [-0.4, -0.2) is 45.1 Å². The van der Waals surface area contributed by atoms with Crippen molar-refractivity contribution in [3.8, 4) is 12.1 Å². The Labute approximate surface area is 230 Å². The van der Waals surface area contributed by atoms with Gasteiger partial charge in [0.05, 0.1) is 22.9 Å². The lowest BCUT2D eigenvalue weighted by Gasteiger charge is -2.45. The van der Waals surface area contributed by atoms with Gasteiger partial charge in [0, 0.05) is 43.9 Å². The van der Waals surface area contributed by atoms with Crippen LogP contribution in [0.3, 0.4) is 0 Å². The van der Waals surface area contributed by atoms with Crippen LogP contribution in [0.2, 0.25) is 5.02 Å². The molecule has 4 aromatic rings. The van der Waals surface area contributed by atoms with Crippen molar-refractivity contribution < 1.29 is 4.39 Å². The number of benzene rings is 1. The number of pyridine rings is 3. The number of halogens is 2. The van der Waals surface area contributed by atoms with Crippen LogP contribution in [0.15, 0.2) is 53.5 Å². The maximum atomic E-state index is 13.9. The molecule has 4 heterocycles. The smallest absolute Gasteiger partial charge is 0.270 e. The minimum absolute atomic E-state index is 0.00781. The molecule has 0 aliphatic carbocycles. The van der Waals surface area contributed by atoms with E-state index in [0.717, 1.165) is 16.8 Å². The second kappa shape index (κ2) is 10.5. The van der Waals surface area contributed by atoms with Gasteiger partial charge in [-0.1, -0.05) is 23.7 Å². The molecule has 5 rings (SSSR count). The zero-order valence-corrected chi connectivity index (χ0v) is 22.4. The number of aromatic nitrogens is 3. The first kappa shape index (κ1) is 26.3. The SMILES string of the molecule is Cc1ccc(C(c2ccc(F)cc2Cl)N2CCN(c3c(C#N)c(=O)n(C)c4ccc(C#N)nc34)C[C@H]2C)nc1. The Morgan fingerprint density at radius 2 is 1.92 bits per heavy atom. The van der Waals surface area contributed by atoms with Crippen molar-refractivity contribution in [2.45, 2.75) is 25.9 Å². The van der Waals surface area contributed by atoms with E-state index in [0.29, 0.717) is 41.4 Å². The largest absolute Gasteiger partial charge is 0.366 e. The minimum Gasteiger partial charge on any atom is -0.366 e. The summed E-state index contributed by atoms with van der Waals surface area (Å²) in [4.78, 5) is 26.5. The predicted molar refractivity (Wildman–Crippen MR) is 147 cm³/mol. The van der Waals surface area contributed by atoms with Crippen LogP contribution < -0.4 is 10.5 Å². The van der Waals surface area contributed by atoms with E-state index in [4.69, 9.17) is 11.6 Å². The molecule has 0 spiro atoms. The summed E-state index contributed by atoms with van der Waals surface area (Å²) >= 11 is 6.55. The molecular formula is C29H25ClFN7O. The average molecular weight is 542 g/mol. The van der Waals surface area contributed by atoms with Crippen molar-refractivity contribution in [2.24, 2.45) is 7.05 Å². The average Bonchev–Trinajstić information content (AvgIpc) is 2.93. The quantitative estimate of drug-likeness (QED) is 0.375. The zero-order valence-electron chi connectivity index (χ0n) is 21.7. The number of aryl methyl sites for hydroxylation is 2. The lowest BCUT2D eigenvalue weighted by Crippen LogP contribution is -2.54. The summed E-state index contributed by atoms with van der Waals surface area (Å²) in [5, 5.41) is 19.7. The van der Waals surface area contributed by atoms with Gasteiger partial charge in [-0.2, -0.15) is 10.5 Å². The van der Waals surface area contributed by atoms with Crippen molar-refractivity contribution in [2.75, 3.05) is 24.5 Å². The zero-order chi connectivity index (χ0) is 27.8. The van der Waals surface area contributed by atoms with Crippen LogP contribution in [0.1, 0.15) is 41.0 Å². The molecule has 0 saturated carbocycles. The topological polar surface area (TPSA) is 102 Å². The molecule has 1 aliphatic heterocycles. The number of anilines is 1. The van der Waals surface area contributed by atoms with Crippen LogP contribution in [0, 0.1) is 35.4 Å². The maximum absolute atomic E-state index is 13.9. The number of fused-ring (bicyclic) bond motifs is 1. The van der Waals surface area contributed by atoms with Gasteiger partial charge in [0.25, 0.3) is 5.56 Å². The molecule has 0 radical (unpaired) electrons. The Balaban J connectivity index is 1.58. The highest BCUT2D eigenvalue weighted by Crippen LogP contribution is 2.37. The van der Waals surface area contributed by atoms with Crippen molar-refractivity contribution >= 4 is 28.3 Å². The Kier molecular flexibility index (Phi) is 7.05. The maximum Gasteiger partial charge on any atom is 0.270 e. The number of rotatable bonds is 4. The van der Waals surface area contributed by atoms with E-state index in [-0.39, 0.29) is 23.3 Å². The normalized spacial score (nSPS) is 16.6. The van der Waals surface area contributed by atoms with E-state index in [1.807, 2.05) is 36.9 Å². The Morgan fingerprint density at radius 1 is 1.13 bits per heavy atom. The summed E-state index contributed by atoms with van der Waals surface area (Å²) < 4.78 is 15.3. The summed E-state index contributed by atoms with van der Waals surface area (Å²) in [6.45, 7) is 5.49. The third kappa shape index (κ3) is 4.72. The number of nitriles is 2. The van der Waals surface area contributed by atoms with Gasteiger partial charge in [0.15, 0.2) is 0 Å². The molecule has 1 saturated heterocycles. The molecule has 1 aliphatic rings. The number of piperazine rings is 1. The summed E-state index contributed by atoms with van der Waals surface area (Å²) in [5.74, 6) is -0.414. The summed E-state index contributed by atoms with van der Waals surface area (Å²) in [6.07, 6.45) is 1.80. The second-order valence-corrected chi connectivity index (χ2v) is 10.1. The molecule has 1 unspecified atom stereocenters. The number of hydrogen-bond acceptors (Lipinski definition) is 7. The molecular weight excluding hydrogens is 517 g/mol. The first-order valence-electron chi connectivity index (χ1n) is 12.5. The van der Waals surface area contributed by atoms with E-state index >= 15 is 0 Å². The molecule has 0 amide bonds. The molecule has 3 aromatic heterocycles. The van der Waals surface area contributed by atoms with Gasteiger partial charge in [-0.3, -0.25) is 14.7 Å². The highest BCUT2D eigenvalue weighted by Gasteiger charge is 2.35. The molecule has 2 atom stereocenters. The standard InChI is InChI=1S/C29H25ClFN7O/c1-17-4-8-24(34-15-17)27(21-7-5-19(31)12-23(21)30)38-11-10-37(16-18(38)2)28-22(14-33)29(39)36(3)25-9-6-20(13-32)35-26(25)28/h4-9,12,15,18,27H,10-11,16H2,1-3H3/t18-,27?/m1/s1. The molecule has 1 fully saturated rings. The Hall–Kier alpha value is -4.31.